The van der Waals surface area contributed by atoms with Crippen LogP contribution in [-0.4, -0.2) is 16.9 Å². The number of rotatable bonds is 4. The van der Waals surface area contributed by atoms with Crippen molar-refractivity contribution in [1.29, 1.82) is 0 Å². The summed E-state index contributed by atoms with van der Waals surface area (Å²) < 4.78 is 0. The molecule has 0 bridgehead atoms. The van der Waals surface area contributed by atoms with Crippen LogP contribution in [0.5, 0.6) is 0 Å². The summed E-state index contributed by atoms with van der Waals surface area (Å²) >= 11 is 0. The fourth-order valence-corrected chi connectivity index (χ4v) is 2.03. The van der Waals surface area contributed by atoms with Crippen molar-refractivity contribution in [2.75, 3.05) is 12.8 Å². The standard InChI is InChI=1S/C15H19N3/c1-12(14-9-6-10-17-15(14)16)18(2)11-13-7-4-3-5-8-13/h3-10,12H,11H2,1-2H3,(H2,16,17). The molecule has 1 aromatic heterocycles. The number of aromatic nitrogens is 1. The van der Waals surface area contributed by atoms with E-state index in [-0.39, 0.29) is 6.04 Å². The number of hydrogen-bond donors (Lipinski definition) is 1. The fourth-order valence-electron chi connectivity index (χ4n) is 2.03. The Morgan fingerprint density at radius 2 is 1.89 bits per heavy atom. The molecule has 2 N–H and O–H groups in total. The van der Waals surface area contributed by atoms with Crippen LogP contribution in [-0.2, 0) is 6.54 Å². The third-order valence-corrected chi connectivity index (χ3v) is 3.26. The van der Waals surface area contributed by atoms with Crippen LogP contribution in [0.4, 0.5) is 5.82 Å². The molecule has 1 atom stereocenters. The third kappa shape index (κ3) is 2.87. The zero-order chi connectivity index (χ0) is 13.0. The van der Waals surface area contributed by atoms with E-state index in [0.29, 0.717) is 5.82 Å². The van der Waals surface area contributed by atoms with Crippen LogP contribution < -0.4 is 5.73 Å². The van der Waals surface area contributed by atoms with Gasteiger partial charge >= 0.3 is 0 Å². The molecule has 0 saturated carbocycles. The summed E-state index contributed by atoms with van der Waals surface area (Å²) in [5.41, 5.74) is 8.29. The minimum absolute atomic E-state index is 0.249. The van der Waals surface area contributed by atoms with E-state index in [1.54, 1.807) is 6.20 Å². The summed E-state index contributed by atoms with van der Waals surface area (Å²) in [6.07, 6.45) is 1.72. The summed E-state index contributed by atoms with van der Waals surface area (Å²) in [4.78, 5) is 6.41. The highest BCUT2D eigenvalue weighted by molar-refractivity contribution is 5.40. The maximum Gasteiger partial charge on any atom is 0.128 e. The highest BCUT2D eigenvalue weighted by atomic mass is 15.1. The van der Waals surface area contributed by atoms with Gasteiger partial charge in [-0.2, -0.15) is 0 Å². The molecule has 0 aliphatic rings. The number of hydrogen-bond acceptors (Lipinski definition) is 3. The first-order valence-electron chi connectivity index (χ1n) is 6.13. The highest BCUT2D eigenvalue weighted by Gasteiger charge is 2.14. The predicted molar refractivity (Wildman–Crippen MR) is 75.0 cm³/mol. The Morgan fingerprint density at radius 3 is 2.56 bits per heavy atom. The normalized spacial score (nSPS) is 12.6. The molecular weight excluding hydrogens is 222 g/mol. The SMILES string of the molecule is CC(c1cccnc1N)N(C)Cc1ccccc1. The average molecular weight is 241 g/mol. The summed E-state index contributed by atoms with van der Waals surface area (Å²) in [6.45, 7) is 3.05. The van der Waals surface area contributed by atoms with E-state index < -0.39 is 0 Å². The molecule has 1 aromatic carbocycles. The van der Waals surface area contributed by atoms with Crippen molar-refractivity contribution in [3.63, 3.8) is 0 Å². The first kappa shape index (κ1) is 12.6. The summed E-state index contributed by atoms with van der Waals surface area (Å²) in [6, 6.07) is 14.6. The molecule has 0 aliphatic carbocycles. The Bertz CT molecular complexity index is 496. The van der Waals surface area contributed by atoms with Crippen molar-refractivity contribution in [1.82, 2.24) is 9.88 Å². The van der Waals surface area contributed by atoms with Crippen molar-refractivity contribution in [3.05, 3.63) is 59.8 Å². The van der Waals surface area contributed by atoms with Gasteiger partial charge in [0.15, 0.2) is 0 Å². The van der Waals surface area contributed by atoms with E-state index in [2.05, 4.69) is 48.1 Å². The minimum Gasteiger partial charge on any atom is -0.383 e. The Balaban J connectivity index is 2.10. The minimum atomic E-state index is 0.249. The van der Waals surface area contributed by atoms with E-state index in [9.17, 15) is 0 Å². The zero-order valence-corrected chi connectivity index (χ0v) is 10.9. The molecule has 2 rings (SSSR count). The van der Waals surface area contributed by atoms with Gasteiger partial charge in [-0.05, 0) is 25.6 Å². The van der Waals surface area contributed by atoms with Crippen molar-refractivity contribution in [3.8, 4) is 0 Å². The van der Waals surface area contributed by atoms with Crippen LogP contribution in [0.15, 0.2) is 48.7 Å². The lowest BCUT2D eigenvalue weighted by atomic mass is 10.1. The Morgan fingerprint density at radius 1 is 1.17 bits per heavy atom. The molecule has 3 heteroatoms. The lowest BCUT2D eigenvalue weighted by Gasteiger charge is -2.25. The lowest BCUT2D eigenvalue weighted by molar-refractivity contribution is 0.253. The van der Waals surface area contributed by atoms with Crippen molar-refractivity contribution in [2.24, 2.45) is 0 Å². The van der Waals surface area contributed by atoms with E-state index in [1.807, 2.05) is 18.2 Å². The van der Waals surface area contributed by atoms with Gasteiger partial charge in [-0.3, -0.25) is 4.90 Å². The zero-order valence-electron chi connectivity index (χ0n) is 10.9. The van der Waals surface area contributed by atoms with Crippen molar-refractivity contribution >= 4 is 5.82 Å². The Kier molecular flexibility index (Phi) is 3.95. The average Bonchev–Trinajstić information content (AvgIpc) is 2.39. The van der Waals surface area contributed by atoms with E-state index in [1.165, 1.54) is 5.56 Å². The maximum absolute atomic E-state index is 5.91. The second-order valence-electron chi connectivity index (χ2n) is 4.55. The van der Waals surface area contributed by atoms with Gasteiger partial charge in [-0.25, -0.2) is 4.98 Å². The molecule has 0 spiro atoms. The fraction of sp³-hybridized carbons (Fsp3) is 0.267. The third-order valence-electron chi connectivity index (χ3n) is 3.26. The van der Waals surface area contributed by atoms with Crippen molar-refractivity contribution in [2.45, 2.75) is 19.5 Å². The van der Waals surface area contributed by atoms with Crippen LogP contribution in [0.3, 0.4) is 0 Å². The predicted octanol–water partition coefficient (Wildman–Crippen LogP) is 2.86. The van der Waals surface area contributed by atoms with Crippen LogP contribution in [0, 0.1) is 0 Å². The quantitative estimate of drug-likeness (QED) is 0.895. The first-order chi connectivity index (χ1) is 8.68. The number of nitrogens with two attached hydrogens (primary N) is 1. The topological polar surface area (TPSA) is 42.1 Å². The molecular formula is C15H19N3. The summed E-state index contributed by atoms with van der Waals surface area (Å²) in [5, 5.41) is 0. The summed E-state index contributed by atoms with van der Waals surface area (Å²) in [5.74, 6) is 0.616. The second-order valence-corrected chi connectivity index (χ2v) is 4.55. The molecule has 0 radical (unpaired) electrons. The second kappa shape index (κ2) is 5.65. The molecule has 94 valence electrons. The van der Waals surface area contributed by atoms with Crippen molar-refractivity contribution < 1.29 is 0 Å². The number of anilines is 1. The largest absolute Gasteiger partial charge is 0.383 e. The molecule has 3 nitrogen and oxygen atoms in total. The van der Waals surface area contributed by atoms with Gasteiger partial charge in [0, 0.05) is 24.3 Å². The Labute approximate surface area is 108 Å². The smallest absolute Gasteiger partial charge is 0.128 e. The van der Waals surface area contributed by atoms with Crippen LogP contribution >= 0.6 is 0 Å². The summed E-state index contributed by atoms with van der Waals surface area (Å²) in [7, 11) is 2.10. The molecule has 0 saturated heterocycles. The van der Waals surface area contributed by atoms with Gasteiger partial charge in [-0.15, -0.1) is 0 Å². The van der Waals surface area contributed by atoms with Gasteiger partial charge in [0.1, 0.15) is 5.82 Å². The molecule has 1 unspecified atom stereocenters. The van der Waals surface area contributed by atoms with Crippen LogP contribution in [0.2, 0.25) is 0 Å². The van der Waals surface area contributed by atoms with E-state index in [4.69, 9.17) is 5.73 Å². The van der Waals surface area contributed by atoms with Gasteiger partial charge < -0.3 is 5.73 Å². The molecule has 1 heterocycles. The number of benzene rings is 1. The molecule has 0 fully saturated rings. The van der Waals surface area contributed by atoms with Gasteiger partial charge in [-0.1, -0.05) is 36.4 Å². The van der Waals surface area contributed by atoms with E-state index >= 15 is 0 Å². The number of nitrogens with zero attached hydrogens (tertiary/aromatic N) is 2. The molecule has 2 aromatic rings. The van der Waals surface area contributed by atoms with E-state index in [0.717, 1.165) is 12.1 Å². The number of pyridine rings is 1. The van der Waals surface area contributed by atoms with Crippen LogP contribution in [0.1, 0.15) is 24.1 Å². The lowest BCUT2D eigenvalue weighted by Crippen LogP contribution is -2.22. The highest BCUT2D eigenvalue weighted by Crippen LogP contribution is 2.23. The molecule has 0 aliphatic heterocycles. The van der Waals surface area contributed by atoms with Gasteiger partial charge in [0.05, 0.1) is 0 Å². The monoisotopic (exact) mass is 241 g/mol. The Hall–Kier alpha value is -1.87. The molecule has 0 amide bonds. The van der Waals surface area contributed by atoms with Crippen LogP contribution in [0.25, 0.3) is 0 Å². The van der Waals surface area contributed by atoms with Gasteiger partial charge in [0.2, 0.25) is 0 Å². The molecule has 18 heavy (non-hydrogen) atoms. The number of nitrogen functional groups attached to an aromatic ring is 1. The maximum atomic E-state index is 5.91. The first-order valence-corrected chi connectivity index (χ1v) is 6.13. The van der Waals surface area contributed by atoms with Gasteiger partial charge in [0.25, 0.3) is 0 Å².